The number of aromatic nitrogens is 1. The van der Waals surface area contributed by atoms with Crippen LogP contribution in [-0.2, 0) is 6.42 Å². The van der Waals surface area contributed by atoms with Crippen LogP contribution in [0, 0.1) is 0 Å². The van der Waals surface area contributed by atoms with E-state index >= 15 is 0 Å². The van der Waals surface area contributed by atoms with Crippen LogP contribution in [0.25, 0.3) is 10.9 Å². The van der Waals surface area contributed by atoms with E-state index in [1.165, 1.54) is 5.56 Å². The summed E-state index contributed by atoms with van der Waals surface area (Å²) in [6.07, 6.45) is 0.119. The number of nitrogens with one attached hydrogen (secondary N) is 2. The first-order valence-corrected chi connectivity index (χ1v) is 9.88. The van der Waals surface area contributed by atoms with Crippen molar-refractivity contribution >= 4 is 29.2 Å². The lowest BCUT2D eigenvalue weighted by Crippen LogP contribution is -2.46. The molecule has 3 rings (SSSR count). The van der Waals surface area contributed by atoms with Gasteiger partial charge in [0.1, 0.15) is 29.9 Å². The van der Waals surface area contributed by atoms with Crippen LogP contribution in [0.1, 0.15) is 29.9 Å². The number of H-pyrrole nitrogens is 1. The second kappa shape index (κ2) is 10.5. The minimum Gasteiger partial charge on any atom is -0.497 e. The van der Waals surface area contributed by atoms with Gasteiger partial charge in [-0.1, -0.05) is 18.2 Å². The minimum atomic E-state index is -0.690. The number of hydrogen-bond donors (Lipinski definition) is 4. The van der Waals surface area contributed by atoms with Crippen molar-refractivity contribution in [2.45, 2.75) is 31.9 Å². The molecule has 0 fully saturated rings. The summed E-state index contributed by atoms with van der Waals surface area (Å²) in [7, 11) is 1.65. The molecule has 168 valence electrons. The predicted octanol–water partition coefficient (Wildman–Crippen LogP) is 3.05. The standard InChI is InChI=1S/C23H29N3O4.ClH/c1-23(2,12-15-7-9-17(29-3)10-8-15)25-13-16(27)14-30-21-6-4-5-19-18(21)11-20(26-19)22(24)28;/h4-11,16,25-27H,12-14H2,1-3H3,(H2,24,28);1H. The molecule has 1 unspecified atom stereocenters. The van der Waals surface area contributed by atoms with Gasteiger partial charge in [-0.15, -0.1) is 12.4 Å². The number of aromatic amines is 1. The Balaban J connectivity index is 0.00000341. The summed E-state index contributed by atoms with van der Waals surface area (Å²) in [5, 5.41) is 14.5. The van der Waals surface area contributed by atoms with Gasteiger partial charge in [0.25, 0.3) is 5.91 Å². The Labute approximate surface area is 188 Å². The molecule has 1 aromatic heterocycles. The number of benzene rings is 2. The summed E-state index contributed by atoms with van der Waals surface area (Å²) in [5.74, 6) is 0.894. The molecule has 0 aliphatic carbocycles. The van der Waals surface area contributed by atoms with Crippen LogP contribution in [0.3, 0.4) is 0 Å². The van der Waals surface area contributed by atoms with E-state index in [0.29, 0.717) is 18.0 Å². The van der Waals surface area contributed by atoms with Gasteiger partial charge >= 0.3 is 0 Å². The number of β-amino-alcohol motifs (C(OH)–C–C–N with tert-alkyl or cyclic N) is 1. The molecule has 3 aromatic rings. The fourth-order valence-corrected chi connectivity index (χ4v) is 3.34. The van der Waals surface area contributed by atoms with E-state index in [1.54, 1.807) is 19.2 Å². The second-order valence-corrected chi connectivity index (χ2v) is 8.02. The Kier molecular flexibility index (Phi) is 8.33. The van der Waals surface area contributed by atoms with E-state index in [4.69, 9.17) is 15.2 Å². The number of fused-ring (bicyclic) bond motifs is 1. The average molecular weight is 448 g/mol. The molecule has 1 heterocycles. The number of primary amides is 1. The van der Waals surface area contributed by atoms with Crippen molar-refractivity contribution in [3.63, 3.8) is 0 Å². The summed E-state index contributed by atoms with van der Waals surface area (Å²) in [5.41, 5.74) is 7.40. The van der Waals surface area contributed by atoms with Gasteiger partial charge in [-0.2, -0.15) is 0 Å². The first-order valence-electron chi connectivity index (χ1n) is 9.88. The number of nitrogens with two attached hydrogens (primary N) is 1. The molecule has 1 atom stereocenters. The highest BCUT2D eigenvalue weighted by molar-refractivity contribution is 5.98. The van der Waals surface area contributed by atoms with Gasteiger partial charge in [-0.05, 0) is 56.2 Å². The largest absolute Gasteiger partial charge is 0.497 e. The van der Waals surface area contributed by atoms with Crippen molar-refractivity contribution in [2.75, 3.05) is 20.3 Å². The van der Waals surface area contributed by atoms with E-state index in [9.17, 15) is 9.90 Å². The zero-order valence-corrected chi connectivity index (χ0v) is 18.8. The summed E-state index contributed by atoms with van der Waals surface area (Å²) < 4.78 is 11.0. The molecule has 0 aliphatic heterocycles. The lowest BCUT2D eigenvalue weighted by Gasteiger charge is -2.28. The fourth-order valence-electron chi connectivity index (χ4n) is 3.34. The van der Waals surface area contributed by atoms with Gasteiger partial charge in [0.2, 0.25) is 0 Å². The highest BCUT2D eigenvalue weighted by atomic mass is 35.5. The third-order valence-corrected chi connectivity index (χ3v) is 4.94. The molecule has 2 aromatic carbocycles. The molecule has 0 radical (unpaired) electrons. The Morgan fingerprint density at radius 1 is 1.23 bits per heavy atom. The molecular formula is C23H30ClN3O4. The van der Waals surface area contributed by atoms with Crippen molar-refractivity contribution in [3.05, 3.63) is 59.8 Å². The van der Waals surface area contributed by atoms with Crippen LogP contribution in [0.2, 0.25) is 0 Å². The van der Waals surface area contributed by atoms with Crippen LogP contribution in [0.15, 0.2) is 48.5 Å². The smallest absolute Gasteiger partial charge is 0.265 e. The topological polar surface area (TPSA) is 110 Å². The maximum Gasteiger partial charge on any atom is 0.265 e. The normalized spacial score (nSPS) is 12.3. The van der Waals surface area contributed by atoms with Crippen molar-refractivity contribution in [1.82, 2.24) is 10.3 Å². The highest BCUT2D eigenvalue weighted by Crippen LogP contribution is 2.26. The molecule has 0 aliphatic rings. The molecule has 8 heteroatoms. The Bertz CT molecular complexity index is 1000. The zero-order chi connectivity index (χ0) is 21.7. The maximum absolute atomic E-state index is 11.4. The molecule has 0 saturated carbocycles. The number of amides is 1. The number of ether oxygens (including phenoxy) is 2. The lowest BCUT2D eigenvalue weighted by molar-refractivity contribution is 0.0992. The van der Waals surface area contributed by atoms with E-state index in [2.05, 4.69) is 24.1 Å². The molecule has 0 spiro atoms. The Morgan fingerprint density at radius 2 is 1.94 bits per heavy atom. The van der Waals surface area contributed by atoms with Crippen LogP contribution < -0.4 is 20.5 Å². The molecule has 31 heavy (non-hydrogen) atoms. The number of hydrogen-bond acceptors (Lipinski definition) is 5. The number of rotatable bonds is 10. The molecule has 0 bridgehead atoms. The first kappa shape index (κ1) is 24.5. The second-order valence-electron chi connectivity index (χ2n) is 8.02. The molecular weight excluding hydrogens is 418 g/mol. The zero-order valence-electron chi connectivity index (χ0n) is 18.0. The Hall–Kier alpha value is -2.74. The van der Waals surface area contributed by atoms with E-state index in [0.717, 1.165) is 23.1 Å². The van der Waals surface area contributed by atoms with E-state index in [1.807, 2.05) is 36.4 Å². The van der Waals surface area contributed by atoms with E-state index < -0.39 is 12.0 Å². The van der Waals surface area contributed by atoms with Crippen molar-refractivity contribution in [1.29, 1.82) is 0 Å². The Morgan fingerprint density at radius 3 is 2.58 bits per heavy atom. The number of aliphatic hydroxyl groups excluding tert-OH is 1. The van der Waals surface area contributed by atoms with Gasteiger partial charge in [0.05, 0.1) is 7.11 Å². The molecule has 5 N–H and O–H groups in total. The molecule has 7 nitrogen and oxygen atoms in total. The van der Waals surface area contributed by atoms with Crippen molar-refractivity contribution in [2.24, 2.45) is 5.73 Å². The van der Waals surface area contributed by atoms with E-state index in [-0.39, 0.29) is 24.6 Å². The van der Waals surface area contributed by atoms with Crippen LogP contribution >= 0.6 is 12.4 Å². The lowest BCUT2D eigenvalue weighted by atomic mass is 9.94. The minimum absolute atomic E-state index is 0. The number of carbonyl (C=O) groups is 1. The van der Waals surface area contributed by atoms with Gasteiger partial charge < -0.3 is 30.6 Å². The molecule has 0 saturated heterocycles. The number of halogens is 1. The fraction of sp³-hybridized carbons (Fsp3) is 0.348. The third-order valence-electron chi connectivity index (χ3n) is 4.94. The van der Waals surface area contributed by atoms with Crippen molar-refractivity contribution in [3.8, 4) is 11.5 Å². The van der Waals surface area contributed by atoms with Crippen LogP contribution in [0.5, 0.6) is 11.5 Å². The molecule has 1 amide bonds. The first-order chi connectivity index (χ1) is 14.3. The average Bonchev–Trinajstić information content (AvgIpc) is 3.16. The monoisotopic (exact) mass is 447 g/mol. The van der Waals surface area contributed by atoms with Crippen LogP contribution in [-0.4, -0.2) is 47.9 Å². The number of methoxy groups -OCH3 is 1. The third kappa shape index (κ3) is 6.62. The maximum atomic E-state index is 11.4. The van der Waals surface area contributed by atoms with Gasteiger partial charge in [-0.25, -0.2) is 0 Å². The van der Waals surface area contributed by atoms with Crippen molar-refractivity contribution < 1.29 is 19.4 Å². The number of carbonyl (C=O) groups excluding carboxylic acids is 1. The van der Waals surface area contributed by atoms with Gasteiger partial charge in [0, 0.05) is 23.0 Å². The van der Waals surface area contributed by atoms with Gasteiger partial charge in [-0.3, -0.25) is 4.79 Å². The SMILES string of the molecule is COc1ccc(CC(C)(C)NCC(O)COc2cccc3[nH]c(C(N)=O)cc23)cc1.Cl. The quantitative estimate of drug-likeness (QED) is 0.382. The van der Waals surface area contributed by atoms with Gasteiger partial charge in [0.15, 0.2) is 0 Å². The summed E-state index contributed by atoms with van der Waals surface area (Å²) in [6, 6.07) is 15.1. The van der Waals surface area contributed by atoms with Crippen LogP contribution in [0.4, 0.5) is 0 Å². The highest BCUT2D eigenvalue weighted by Gasteiger charge is 2.20. The number of aliphatic hydroxyl groups is 1. The predicted molar refractivity (Wildman–Crippen MR) is 124 cm³/mol. The summed E-state index contributed by atoms with van der Waals surface area (Å²) in [4.78, 5) is 14.3. The summed E-state index contributed by atoms with van der Waals surface area (Å²) in [6.45, 7) is 4.70. The summed E-state index contributed by atoms with van der Waals surface area (Å²) >= 11 is 0.